The van der Waals surface area contributed by atoms with Crippen LogP contribution in [0.4, 0.5) is 5.13 Å². The second kappa shape index (κ2) is 10.9. The first-order valence-corrected chi connectivity index (χ1v) is 12.1. The highest BCUT2D eigenvalue weighted by Crippen LogP contribution is 2.23. The summed E-state index contributed by atoms with van der Waals surface area (Å²) in [4.78, 5) is 44.6. The third-order valence-corrected chi connectivity index (χ3v) is 7.03. The Morgan fingerprint density at radius 1 is 1.22 bits per heavy atom. The third kappa shape index (κ3) is 6.07. The Labute approximate surface area is 197 Å². The highest BCUT2D eigenvalue weighted by molar-refractivity contribution is 7.13. The average molecular weight is 477 g/mol. The predicted octanol–water partition coefficient (Wildman–Crippen LogP) is 4.13. The molecule has 3 amide bonds. The Kier molecular flexibility index (Phi) is 8.26. The second-order valence-electron chi connectivity index (χ2n) is 8.23. The van der Waals surface area contributed by atoms with E-state index in [1.54, 1.807) is 29.2 Å². The maximum absolute atomic E-state index is 13.3. The van der Waals surface area contributed by atoms with Gasteiger partial charge >= 0.3 is 0 Å². The van der Waals surface area contributed by atoms with Gasteiger partial charge in [-0.05, 0) is 49.9 Å². The van der Waals surface area contributed by atoms with E-state index in [0.29, 0.717) is 41.6 Å². The monoisotopic (exact) mass is 476 g/mol. The van der Waals surface area contributed by atoms with Crippen LogP contribution in [0.2, 0.25) is 5.02 Å². The molecule has 0 aliphatic carbocycles. The summed E-state index contributed by atoms with van der Waals surface area (Å²) in [5.74, 6) is -0.632. The molecule has 0 radical (unpaired) electrons. The smallest absolute Gasteiger partial charge is 0.251 e. The minimum atomic E-state index is -0.619. The van der Waals surface area contributed by atoms with Crippen molar-refractivity contribution < 1.29 is 14.4 Å². The van der Waals surface area contributed by atoms with E-state index < -0.39 is 6.04 Å². The number of anilines is 1. The summed E-state index contributed by atoms with van der Waals surface area (Å²) < 4.78 is 0. The lowest BCUT2D eigenvalue weighted by Gasteiger charge is -2.35. The Morgan fingerprint density at radius 3 is 2.44 bits per heavy atom. The van der Waals surface area contributed by atoms with Crippen molar-refractivity contribution >= 4 is 45.8 Å². The number of carbonyl (C=O) groups excluding carboxylic acids is 3. The summed E-state index contributed by atoms with van der Waals surface area (Å²) in [6.45, 7) is 6.81. The van der Waals surface area contributed by atoms with Gasteiger partial charge < -0.3 is 15.5 Å². The van der Waals surface area contributed by atoms with E-state index in [9.17, 15) is 14.4 Å². The van der Waals surface area contributed by atoms with Crippen LogP contribution in [0.1, 0.15) is 49.2 Å². The van der Waals surface area contributed by atoms with Crippen LogP contribution in [0.15, 0.2) is 29.6 Å². The van der Waals surface area contributed by atoms with Gasteiger partial charge in [0.2, 0.25) is 11.8 Å². The van der Waals surface area contributed by atoms with Crippen molar-refractivity contribution in [2.45, 2.75) is 46.1 Å². The normalized spacial score (nSPS) is 16.3. The molecule has 2 N–H and O–H groups in total. The molecule has 172 valence electrons. The standard InChI is InChI=1S/C23H29ClN4O3S/c1-4-14(2)19(26-20(29)16-5-7-18(24)8-6-16)22(31)28-11-9-17(10-12-28)21(30)27-23-25-15(3)13-32-23/h5-8,13-14,17,19H,4,9-12H2,1-3H3,(H,26,29)(H,25,27,30). The topological polar surface area (TPSA) is 91.4 Å². The molecule has 3 rings (SSSR count). The van der Waals surface area contributed by atoms with E-state index in [0.717, 1.165) is 12.1 Å². The molecule has 2 unspecified atom stereocenters. The summed E-state index contributed by atoms with van der Waals surface area (Å²) in [5, 5.41) is 8.83. The van der Waals surface area contributed by atoms with Gasteiger partial charge in [0.1, 0.15) is 6.04 Å². The molecule has 1 fully saturated rings. The van der Waals surface area contributed by atoms with Crippen molar-refractivity contribution in [1.82, 2.24) is 15.2 Å². The number of hydrogen-bond donors (Lipinski definition) is 2. The van der Waals surface area contributed by atoms with Crippen LogP contribution in [0, 0.1) is 18.8 Å². The van der Waals surface area contributed by atoms with Crippen molar-refractivity contribution in [2.75, 3.05) is 18.4 Å². The fourth-order valence-corrected chi connectivity index (χ4v) is 4.50. The number of carbonyl (C=O) groups is 3. The van der Waals surface area contributed by atoms with E-state index >= 15 is 0 Å². The van der Waals surface area contributed by atoms with E-state index in [1.165, 1.54) is 11.3 Å². The number of aromatic nitrogens is 1. The predicted molar refractivity (Wildman–Crippen MR) is 127 cm³/mol. The molecule has 0 saturated carbocycles. The number of rotatable bonds is 7. The van der Waals surface area contributed by atoms with E-state index in [4.69, 9.17) is 11.6 Å². The number of halogens is 1. The number of nitrogens with one attached hydrogen (secondary N) is 2. The molecular weight excluding hydrogens is 448 g/mol. The first-order chi connectivity index (χ1) is 15.3. The zero-order chi connectivity index (χ0) is 23.3. The van der Waals surface area contributed by atoms with Crippen molar-refractivity contribution in [3.05, 3.63) is 45.9 Å². The van der Waals surface area contributed by atoms with Gasteiger partial charge in [0.25, 0.3) is 5.91 Å². The lowest BCUT2D eigenvalue weighted by molar-refractivity contribution is -0.137. The molecule has 1 aromatic carbocycles. The quantitative estimate of drug-likeness (QED) is 0.628. The van der Waals surface area contributed by atoms with Gasteiger partial charge in [-0.1, -0.05) is 31.9 Å². The molecule has 2 heterocycles. The SMILES string of the molecule is CCC(C)C(NC(=O)c1ccc(Cl)cc1)C(=O)N1CCC(C(=O)Nc2nc(C)cs2)CC1. The number of thiazole rings is 1. The molecule has 2 aromatic rings. The molecule has 1 aromatic heterocycles. The number of nitrogens with zero attached hydrogens (tertiary/aromatic N) is 2. The number of piperidine rings is 1. The van der Waals surface area contributed by atoms with Gasteiger partial charge in [-0.3, -0.25) is 14.4 Å². The number of aryl methyl sites for hydroxylation is 1. The van der Waals surface area contributed by atoms with Crippen molar-refractivity contribution in [3.8, 4) is 0 Å². The summed E-state index contributed by atoms with van der Waals surface area (Å²) in [6, 6.07) is 5.97. The van der Waals surface area contributed by atoms with Crippen LogP contribution in [0.3, 0.4) is 0 Å². The number of likely N-dealkylation sites (tertiary alicyclic amines) is 1. The molecule has 32 heavy (non-hydrogen) atoms. The highest BCUT2D eigenvalue weighted by Gasteiger charge is 2.34. The maximum Gasteiger partial charge on any atom is 0.251 e. The van der Waals surface area contributed by atoms with E-state index in [-0.39, 0.29) is 29.6 Å². The molecular formula is C23H29ClN4O3S. The highest BCUT2D eigenvalue weighted by atomic mass is 35.5. The van der Waals surface area contributed by atoms with Crippen molar-refractivity contribution in [3.63, 3.8) is 0 Å². The zero-order valence-corrected chi connectivity index (χ0v) is 20.1. The van der Waals surface area contributed by atoms with Crippen LogP contribution in [0.25, 0.3) is 0 Å². The van der Waals surface area contributed by atoms with E-state index in [2.05, 4.69) is 15.6 Å². The molecule has 7 nitrogen and oxygen atoms in total. The first kappa shape index (κ1) is 24.2. The average Bonchev–Trinajstić information content (AvgIpc) is 3.21. The van der Waals surface area contributed by atoms with Crippen LogP contribution in [-0.2, 0) is 9.59 Å². The molecule has 0 bridgehead atoms. The van der Waals surface area contributed by atoms with Gasteiger partial charge in [-0.2, -0.15) is 0 Å². The van der Waals surface area contributed by atoms with E-state index in [1.807, 2.05) is 26.2 Å². The maximum atomic E-state index is 13.3. The lowest BCUT2D eigenvalue weighted by atomic mass is 9.93. The Balaban J connectivity index is 1.59. The zero-order valence-electron chi connectivity index (χ0n) is 18.6. The van der Waals surface area contributed by atoms with Gasteiger partial charge in [0.05, 0.1) is 5.69 Å². The van der Waals surface area contributed by atoms with Crippen LogP contribution < -0.4 is 10.6 Å². The summed E-state index contributed by atoms with van der Waals surface area (Å²) >= 11 is 7.31. The number of hydrogen-bond acceptors (Lipinski definition) is 5. The molecule has 1 saturated heterocycles. The minimum absolute atomic E-state index is 0.0204. The molecule has 2 atom stereocenters. The Bertz CT molecular complexity index is 954. The molecule has 0 spiro atoms. The van der Waals surface area contributed by atoms with Gasteiger partial charge in [-0.25, -0.2) is 4.98 Å². The van der Waals surface area contributed by atoms with Gasteiger partial charge in [0, 0.05) is 35.0 Å². The van der Waals surface area contributed by atoms with Crippen LogP contribution in [0.5, 0.6) is 0 Å². The third-order valence-electron chi connectivity index (χ3n) is 5.90. The number of amides is 3. The van der Waals surface area contributed by atoms with Gasteiger partial charge in [0.15, 0.2) is 5.13 Å². The summed E-state index contributed by atoms with van der Waals surface area (Å²) in [7, 11) is 0. The lowest BCUT2D eigenvalue weighted by Crippen LogP contribution is -2.53. The number of benzene rings is 1. The van der Waals surface area contributed by atoms with Crippen molar-refractivity contribution in [1.29, 1.82) is 0 Å². The fourth-order valence-electron chi connectivity index (χ4n) is 3.69. The molecule has 9 heteroatoms. The first-order valence-electron chi connectivity index (χ1n) is 10.9. The summed E-state index contributed by atoms with van der Waals surface area (Å²) in [6.07, 6.45) is 1.92. The minimum Gasteiger partial charge on any atom is -0.341 e. The Hall–Kier alpha value is -2.45. The largest absolute Gasteiger partial charge is 0.341 e. The van der Waals surface area contributed by atoms with Gasteiger partial charge in [-0.15, -0.1) is 11.3 Å². The van der Waals surface area contributed by atoms with Crippen LogP contribution in [-0.4, -0.2) is 46.7 Å². The van der Waals surface area contributed by atoms with Crippen LogP contribution >= 0.6 is 22.9 Å². The Morgan fingerprint density at radius 2 is 1.88 bits per heavy atom. The second-order valence-corrected chi connectivity index (χ2v) is 9.52. The fraction of sp³-hybridized carbons (Fsp3) is 0.478. The molecule has 1 aliphatic rings. The molecule has 1 aliphatic heterocycles. The summed E-state index contributed by atoms with van der Waals surface area (Å²) in [5.41, 5.74) is 1.34. The van der Waals surface area contributed by atoms with Crippen molar-refractivity contribution in [2.24, 2.45) is 11.8 Å².